The summed E-state index contributed by atoms with van der Waals surface area (Å²) >= 11 is 7.57. The molecule has 0 aliphatic heterocycles. The molecule has 4 heteroatoms. The molecule has 3 unspecified atom stereocenters. The van der Waals surface area contributed by atoms with Crippen molar-refractivity contribution in [3.05, 3.63) is 57.2 Å². The smallest absolute Gasteiger partial charge is 0.108 e. The maximum atomic E-state index is 6.22. The van der Waals surface area contributed by atoms with Crippen LogP contribution < -0.4 is 5.73 Å². The topological polar surface area (TPSA) is 35.2 Å². The van der Waals surface area contributed by atoms with E-state index in [2.05, 4.69) is 26.0 Å². The highest BCUT2D eigenvalue weighted by Gasteiger charge is 2.24. The first-order valence-electron chi connectivity index (χ1n) is 6.83. The van der Waals surface area contributed by atoms with Crippen LogP contribution in [-0.4, -0.2) is 6.04 Å². The number of halogens is 1. The predicted octanol–water partition coefficient (Wildman–Crippen LogP) is 4.96. The highest BCUT2D eigenvalue weighted by molar-refractivity contribution is 7.16. The second-order valence-corrected chi connectivity index (χ2v) is 6.57. The molecule has 0 fully saturated rings. The Morgan fingerprint density at radius 1 is 1.20 bits per heavy atom. The van der Waals surface area contributed by atoms with Crippen molar-refractivity contribution in [2.24, 2.45) is 5.73 Å². The highest BCUT2D eigenvalue weighted by Crippen LogP contribution is 2.34. The van der Waals surface area contributed by atoms with E-state index in [9.17, 15) is 0 Å². The summed E-state index contributed by atoms with van der Waals surface area (Å²) in [5, 5.41) is 0. The summed E-state index contributed by atoms with van der Waals surface area (Å²) in [7, 11) is 0. The predicted molar refractivity (Wildman–Crippen MR) is 86.3 cm³/mol. The molecule has 0 saturated heterocycles. The Labute approximate surface area is 129 Å². The van der Waals surface area contributed by atoms with E-state index in [0.717, 1.165) is 21.2 Å². The zero-order valence-electron chi connectivity index (χ0n) is 11.8. The molecule has 0 aliphatic carbocycles. The molecule has 2 rings (SSSR count). The fraction of sp³-hybridized carbons (Fsp3) is 0.375. The molecule has 0 radical (unpaired) electrons. The lowest BCUT2D eigenvalue weighted by Gasteiger charge is -2.26. The summed E-state index contributed by atoms with van der Waals surface area (Å²) in [4.78, 5) is 1.09. The van der Waals surface area contributed by atoms with Crippen LogP contribution in [0, 0.1) is 0 Å². The number of hydrogen-bond donors (Lipinski definition) is 1. The van der Waals surface area contributed by atoms with Gasteiger partial charge in [0.05, 0.1) is 10.4 Å². The largest absolute Gasteiger partial charge is 0.363 e. The normalized spacial score (nSPS) is 15.8. The quantitative estimate of drug-likeness (QED) is 0.818. The number of nitrogens with two attached hydrogens (primary N) is 1. The monoisotopic (exact) mass is 309 g/mol. The summed E-state index contributed by atoms with van der Waals surface area (Å²) in [5.74, 6) is 0. The molecule has 0 amide bonds. The number of benzene rings is 1. The second-order valence-electron chi connectivity index (χ2n) is 4.82. The van der Waals surface area contributed by atoms with E-state index in [1.54, 1.807) is 0 Å². The fourth-order valence-corrected chi connectivity index (χ4v) is 3.27. The van der Waals surface area contributed by atoms with Crippen LogP contribution in [0.2, 0.25) is 4.34 Å². The van der Waals surface area contributed by atoms with Crippen LogP contribution in [0.1, 0.15) is 42.9 Å². The molecule has 1 aromatic carbocycles. The van der Waals surface area contributed by atoms with Crippen LogP contribution in [0.25, 0.3) is 0 Å². The molecule has 0 bridgehead atoms. The summed E-state index contributed by atoms with van der Waals surface area (Å²) in [6.07, 6.45) is 0.745. The molecule has 108 valence electrons. The van der Waals surface area contributed by atoms with Gasteiger partial charge < -0.3 is 10.5 Å². The average molecular weight is 310 g/mol. The van der Waals surface area contributed by atoms with Crippen molar-refractivity contribution < 1.29 is 4.74 Å². The Balaban J connectivity index is 2.16. The van der Waals surface area contributed by atoms with Crippen molar-refractivity contribution >= 4 is 22.9 Å². The van der Waals surface area contributed by atoms with Crippen molar-refractivity contribution in [3.63, 3.8) is 0 Å². The third-order valence-electron chi connectivity index (χ3n) is 3.35. The summed E-state index contributed by atoms with van der Waals surface area (Å²) in [5.41, 5.74) is 7.38. The van der Waals surface area contributed by atoms with Crippen molar-refractivity contribution in [3.8, 4) is 0 Å². The van der Waals surface area contributed by atoms with Gasteiger partial charge in [-0.05, 0) is 31.0 Å². The molecule has 0 aliphatic rings. The first kappa shape index (κ1) is 15.5. The van der Waals surface area contributed by atoms with Gasteiger partial charge >= 0.3 is 0 Å². The molecule has 0 saturated carbocycles. The van der Waals surface area contributed by atoms with E-state index >= 15 is 0 Å². The standard InChI is InChI=1S/C16H20ClNOS/c1-3-13(18)16(14-9-10-15(17)20-14)19-11(2)12-7-5-4-6-8-12/h4-11,13,16H,3,18H2,1-2H3. The lowest BCUT2D eigenvalue weighted by molar-refractivity contribution is -0.0179. The Morgan fingerprint density at radius 3 is 2.45 bits per heavy atom. The second kappa shape index (κ2) is 7.23. The SMILES string of the molecule is CCC(N)C(OC(C)c1ccccc1)c1ccc(Cl)s1. The van der Waals surface area contributed by atoms with Crippen LogP contribution >= 0.6 is 22.9 Å². The summed E-state index contributed by atoms with van der Waals surface area (Å²) < 4.78 is 6.98. The molecule has 2 aromatic rings. The van der Waals surface area contributed by atoms with Crippen molar-refractivity contribution in [1.82, 2.24) is 0 Å². The number of rotatable bonds is 6. The van der Waals surface area contributed by atoms with E-state index < -0.39 is 0 Å². The van der Waals surface area contributed by atoms with Gasteiger partial charge in [-0.25, -0.2) is 0 Å². The van der Waals surface area contributed by atoms with Gasteiger partial charge in [0.2, 0.25) is 0 Å². The maximum absolute atomic E-state index is 6.22. The van der Waals surface area contributed by atoms with Gasteiger partial charge in [-0.3, -0.25) is 0 Å². The Bertz CT molecular complexity index is 528. The number of hydrogen-bond acceptors (Lipinski definition) is 3. The Hall–Kier alpha value is -0.870. The molecule has 1 aromatic heterocycles. The van der Waals surface area contributed by atoms with Gasteiger partial charge in [0.15, 0.2) is 0 Å². The van der Waals surface area contributed by atoms with Crippen LogP contribution in [0.3, 0.4) is 0 Å². The fourth-order valence-electron chi connectivity index (χ4n) is 2.10. The molecular weight excluding hydrogens is 290 g/mol. The van der Waals surface area contributed by atoms with Crippen LogP contribution in [0.15, 0.2) is 42.5 Å². The van der Waals surface area contributed by atoms with Gasteiger partial charge in [0.25, 0.3) is 0 Å². The number of ether oxygens (including phenoxy) is 1. The Kier molecular flexibility index (Phi) is 5.61. The van der Waals surface area contributed by atoms with E-state index in [1.165, 1.54) is 11.3 Å². The lowest BCUT2D eigenvalue weighted by Crippen LogP contribution is -2.29. The molecule has 0 spiro atoms. The first-order chi connectivity index (χ1) is 9.61. The Morgan fingerprint density at radius 2 is 1.90 bits per heavy atom. The van der Waals surface area contributed by atoms with E-state index in [0.29, 0.717) is 0 Å². The average Bonchev–Trinajstić information content (AvgIpc) is 2.91. The summed E-state index contributed by atoms with van der Waals surface area (Å²) in [6.45, 7) is 4.13. The molecular formula is C16H20ClNOS. The van der Waals surface area contributed by atoms with Crippen LogP contribution in [0.5, 0.6) is 0 Å². The van der Waals surface area contributed by atoms with E-state index in [1.807, 2.05) is 30.3 Å². The number of thiophene rings is 1. The van der Waals surface area contributed by atoms with Gasteiger partial charge in [0.1, 0.15) is 6.10 Å². The third-order valence-corrected chi connectivity index (χ3v) is 4.65. The van der Waals surface area contributed by atoms with Gasteiger partial charge in [0, 0.05) is 10.9 Å². The summed E-state index contributed by atoms with van der Waals surface area (Å²) in [6, 6.07) is 14.1. The molecule has 2 N–H and O–H groups in total. The van der Waals surface area contributed by atoms with Crippen molar-refractivity contribution in [1.29, 1.82) is 0 Å². The highest BCUT2D eigenvalue weighted by atomic mass is 35.5. The van der Waals surface area contributed by atoms with Crippen LogP contribution in [-0.2, 0) is 4.74 Å². The first-order valence-corrected chi connectivity index (χ1v) is 8.02. The van der Waals surface area contributed by atoms with E-state index in [4.69, 9.17) is 22.1 Å². The minimum Gasteiger partial charge on any atom is -0.363 e. The molecule has 1 heterocycles. The minimum atomic E-state index is -0.118. The molecule has 20 heavy (non-hydrogen) atoms. The maximum Gasteiger partial charge on any atom is 0.108 e. The van der Waals surface area contributed by atoms with Crippen LogP contribution in [0.4, 0.5) is 0 Å². The van der Waals surface area contributed by atoms with Crippen molar-refractivity contribution in [2.75, 3.05) is 0 Å². The van der Waals surface area contributed by atoms with Gasteiger partial charge in [-0.2, -0.15) is 0 Å². The molecule has 2 nitrogen and oxygen atoms in total. The van der Waals surface area contributed by atoms with Gasteiger partial charge in [-0.15, -0.1) is 11.3 Å². The zero-order valence-corrected chi connectivity index (χ0v) is 13.3. The molecule has 3 atom stereocenters. The lowest BCUT2D eigenvalue weighted by atomic mass is 10.1. The minimum absolute atomic E-state index is 0.000300. The van der Waals surface area contributed by atoms with E-state index in [-0.39, 0.29) is 18.2 Å². The van der Waals surface area contributed by atoms with Gasteiger partial charge in [-0.1, -0.05) is 48.9 Å². The third kappa shape index (κ3) is 3.83. The van der Waals surface area contributed by atoms with Crippen molar-refractivity contribution in [2.45, 2.75) is 38.5 Å². The zero-order chi connectivity index (χ0) is 14.5.